The average molecular weight is 447 g/mol. The number of aromatic nitrogens is 1. The van der Waals surface area contributed by atoms with E-state index in [4.69, 9.17) is 27.9 Å². The normalized spacial score (nSPS) is 10.9. The third kappa shape index (κ3) is 5.49. The van der Waals surface area contributed by atoms with Crippen molar-refractivity contribution in [3.63, 3.8) is 0 Å². The van der Waals surface area contributed by atoms with Crippen LogP contribution >= 0.6 is 23.2 Å². The first-order valence-electron chi connectivity index (χ1n) is 9.46. The van der Waals surface area contributed by atoms with Crippen LogP contribution in [0.3, 0.4) is 0 Å². The molecular weight excluding hydrogens is 426 g/mol. The molecule has 7 heteroatoms. The van der Waals surface area contributed by atoms with Gasteiger partial charge in [-0.3, -0.25) is 4.79 Å². The summed E-state index contributed by atoms with van der Waals surface area (Å²) in [6, 6.07) is 14.9. The molecule has 1 N–H and O–H groups in total. The minimum Gasteiger partial charge on any atom is -0.477 e. The smallest absolute Gasteiger partial charge is 0.254 e. The number of hydrogen-bond acceptors (Lipinski definition) is 3. The molecule has 0 spiro atoms. The maximum atomic E-state index is 14.3. The van der Waals surface area contributed by atoms with Gasteiger partial charge in [-0.15, -0.1) is 0 Å². The number of rotatable bonds is 7. The molecule has 30 heavy (non-hydrogen) atoms. The molecule has 2 aromatic carbocycles. The molecule has 0 saturated carbocycles. The van der Waals surface area contributed by atoms with Gasteiger partial charge >= 0.3 is 0 Å². The summed E-state index contributed by atoms with van der Waals surface area (Å²) in [5.41, 5.74) is 1.91. The second-order valence-corrected chi connectivity index (χ2v) is 7.98. The number of nitrogens with one attached hydrogen (secondary N) is 1. The fourth-order valence-electron chi connectivity index (χ4n) is 2.73. The second kappa shape index (κ2) is 9.92. The molecule has 0 saturated heterocycles. The standard InChI is InChI=1S/C23H21Cl2FN2O2/c1-14(2)13-30-20-11-10-19(26)22(28-20)16-8-6-15(7-9-16)12-27-23(29)21-17(24)4-3-5-18(21)25/h3-11,14H,12-13H2,1-2H3,(H,27,29). The third-order valence-corrected chi connectivity index (χ3v) is 4.89. The number of amides is 1. The number of carbonyl (C=O) groups is 1. The molecule has 0 aliphatic heterocycles. The van der Waals surface area contributed by atoms with Crippen LogP contribution in [0.1, 0.15) is 29.8 Å². The molecule has 0 aliphatic carbocycles. The molecule has 0 atom stereocenters. The van der Waals surface area contributed by atoms with Crippen molar-refractivity contribution in [2.75, 3.05) is 6.61 Å². The molecular formula is C23H21Cl2FN2O2. The van der Waals surface area contributed by atoms with Crippen molar-refractivity contribution in [3.8, 4) is 17.1 Å². The minimum absolute atomic E-state index is 0.217. The van der Waals surface area contributed by atoms with Gasteiger partial charge in [-0.25, -0.2) is 9.37 Å². The van der Waals surface area contributed by atoms with Crippen LogP contribution in [0.5, 0.6) is 5.88 Å². The molecule has 0 fully saturated rings. The zero-order valence-electron chi connectivity index (χ0n) is 16.6. The lowest BCUT2D eigenvalue weighted by Gasteiger charge is -2.11. The van der Waals surface area contributed by atoms with Gasteiger partial charge in [0.05, 0.1) is 22.2 Å². The van der Waals surface area contributed by atoms with Crippen molar-refractivity contribution in [2.24, 2.45) is 5.92 Å². The third-order valence-electron chi connectivity index (χ3n) is 4.26. The van der Waals surface area contributed by atoms with Gasteiger partial charge < -0.3 is 10.1 Å². The van der Waals surface area contributed by atoms with E-state index in [1.807, 2.05) is 13.8 Å². The van der Waals surface area contributed by atoms with Crippen molar-refractivity contribution >= 4 is 29.1 Å². The Labute approximate surface area is 185 Å². The van der Waals surface area contributed by atoms with E-state index >= 15 is 0 Å². The molecule has 3 rings (SSSR count). The summed E-state index contributed by atoms with van der Waals surface area (Å²) in [6.45, 7) is 4.84. The topological polar surface area (TPSA) is 51.2 Å². The predicted octanol–water partition coefficient (Wildman–Crippen LogP) is 6.16. The van der Waals surface area contributed by atoms with E-state index in [0.29, 0.717) is 24.0 Å². The van der Waals surface area contributed by atoms with Gasteiger partial charge in [-0.05, 0) is 29.7 Å². The Morgan fingerprint density at radius 2 is 1.73 bits per heavy atom. The number of hydrogen-bond donors (Lipinski definition) is 1. The highest BCUT2D eigenvalue weighted by atomic mass is 35.5. The summed E-state index contributed by atoms with van der Waals surface area (Å²) in [5.74, 6) is -0.0674. The van der Waals surface area contributed by atoms with Gasteiger partial charge in [0.15, 0.2) is 0 Å². The van der Waals surface area contributed by atoms with E-state index in [1.165, 1.54) is 12.1 Å². The van der Waals surface area contributed by atoms with E-state index in [1.54, 1.807) is 42.5 Å². The van der Waals surface area contributed by atoms with Crippen molar-refractivity contribution in [1.29, 1.82) is 0 Å². The van der Waals surface area contributed by atoms with Crippen LogP contribution < -0.4 is 10.1 Å². The predicted molar refractivity (Wildman–Crippen MR) is 118 cm³/mol. The second-order valence-electron chi connectivity index (χ2n) is 7.16. The number of nitrogens with zero attached hydrogens (tertiary/aromatic N) is 1. The van der Waals surface area contributed by atoms with Gasteiger partial charge in [0.2, 0.25) is 5.88 Å². The van der Waals surface area contributed by atoms with Gasteiger partial charge in [0.1, 0.15) is 11.5 Å². The Kier molecular flexibility index (Phi) is 7.29. The van der Waals surface area contributed by atoms with Crippen LogP contribution in [0.2, 0.25) is 10.0 Å². The van der Waals surface area contributed by atoms with E-state index in [9.17, 15) is 9.18 Å². The molecule has 1 aromatic heterocycles. The van der Waals surface area contributed by atoms with Crippen LogP contribution in [-0.2, 0) is 6.54 Å². The fraction of sp³-hybridized carbons (Fsp3) is 0.217. The maximum Gasteiger partial charge on any atom is 0.254 e. The number of pyridine rings is 1. The zero-order valence-corrected chi connectivity index (χ0v) is 18.1. The number of carbonyl (C=O) groups excluding carboxylic acids is 1. The SMILES string of the molecule is CC(C)COc1ccc(F)c(-c2ccc(CNC(=O)c3c(Cl)cccc3Cl)cc2)n1. The number of benzene rings is 2. The molecule has 156 valence electrons. The van der Waals surface area contributed by atoms with Gasteiger partial charge in [-0.1, -0.05) is 67.4 Å². The first-order valence-corrected chi connectivity index (χ1v) is 10.2. The minimum atomic E-state index is -0.429. The lowest BCUT2D eigenvalue weighted by Crippen LogP contribution is -2.23. The van der Waals surface area contributed by atoms with Crippen LogP contribution in [0.15, 0.2) is 54.6 Å². The van der Waals surface area contributed by atoms with Crippen molar-refractivity contribution in [1.82, 2.24) is 10.3 Å². The molecule has 0 aliphatic rings. The highest BCUT2D eigenvalue weighted by molar-refractivity contribution is 6.39. The lowest BCUT2D eigenvalue weighted by molar-refractivity contribution is 0.0951. The first kappa shape index (κ1) is 22.1. The Balaban J connectivity index is 1.69. The lowest BCUT2D eigenvalue weighted by atomic mass is 10.1. The summed E-state index contributed by atoms with van der Waals surface area (Å²) in [4.78, 5) is 16.7. The first-order chi connectivity index (χ1) is 14.3. The average Bonchev–Trinajstić information content (AvgIpc) is 2.72. The summed E-state index contributed by atoms with van der Waals surface area (Å²) >= 11 is 12.1. The van der Waals surface area contributed by atoms with Crippen molar-refractivity contribution in [2.45, 2.75) is 20.4 Å². The number of ether oxygens (including phenoxy) is 1. The van der Waals surface area contributed by atoms with E-state index in [0.717, 1.165) is 5.56 Å². The monoisotopic (exact) mass is 446 g/mol. The Morgan fingerprint density at radius 1 is 1.07 bits per heavy atom. The Hall–Kier alpha value is -2.63. The van der Waals surface area contributed by atoms with Crippen molar-refractivity contribution < 1.29 is 13.9 Å². The Bertz CT molecular complexity index is 1020. The molecule has 0 unspecified atom stereocenters. The highest BCUT2D eigenvalue weighted by Crippen LogP contribution is 2.25. The molecule has 0 radical (unpaired) electrons. The quantitative estimate of drug-likeness (QED) is 0.472. The highest BCUT2D eigenvalue weighted by Gasteiger charge is 2.14. The van der Waals surface area contributed by atoms with Crippen LogP contribution in [0.4, 0.5) is 4.39 Å². The molecule has 3 aromatic rings. The van der Waals surface area contributed by atoms with Gasteiger partial charge in [0.25, 0.3) is 5.91 Å². The summed E-state index contributed by atoms with van der Waals surface area (Å²) in [6.07, 6.45) is 0. The van der Waals surface area contributed by atoms with Crippen LogP contribution in [0.25, 0.3) is 11.3 Å². The summed E-state index contributed by atoms with van der Waals surface area (Å²) in [7, 11) is 0. The largest absolute Gasteiger partial charge is 0.477 e. The zero-order chi connectivity index (χ0) is 21.7. The van der Waals surface area contributed by atoms with E-state index < -0.39 is 5.82 Å². The van der Waals surface area contributed by atoms with Gasteiger partial charge in [-0.2, -0.15) is 0 Å². The molecule has 1 amide bonds. The van der Waals surface area contributed by atoms with Crippen LogP contribution in [0, 0.1) is 11.7 Å². The molecule has 1 heterocycles. The summed E-state index contributed by atoms with van der Waals surface area (Å²) < 4.78 is 19.9. The Morgan fingerprint density at radius 3 is 2.37 bits per heavy atom. The fourth-order valence-corrected chi connectivity index (χ4v) is 3.29. The van der Waals surface area contributed by atoms with E-state index in [2.05, 4.69) is 10.3 Å². The molecule has 4 nitrogen and oxygen atoms in total. The molecule has 0 bridgehead atoms. The maximum absolute atomic E-state index is 14.3. The number of halogens is 3. The van der Waals surface area contributed by atoms with E-state index in [-0.39, 0.29) is 33.8 Å². The van der Waals surface area contributed by atoms with Crippen LogP contribution in [-0.4, -0.2) is 17.5 Å². The summed E-state index contributed by atoms with van der Waals surface area (Å²) in [5, 5.41) is 3.36. The van der Waals surface area contributed by atoms with Gasteiger partial charge in [0, 0.05) is 18.2 Å². The van der Waals surface area contributed by atoms with Crippen molar-refractivity contribution in [3.05, 3.63) is 81.6 Å².